The average molecular weight is 433 g/mol. The minimum absolute atomic E-state index is 0.345. The summed E-state index contributed by atoms with van der Waals surface area (Å²) >= 11 is 6.11. The van der Waals surface area contributed by atoms with Crippen LogP contribution in [0.15, 0.2) is 77.9 Å². The number of hydrogen-bond acceptors (Lipinski definition) is 5. The fourth-order valence-electron chi connectivity index (χ4n) is 2.46. The molecule has 154 valence electrons. The van der Waals surface area contributed by atoms with Gasteiger partial charge in [-0.2, -0.15) is 10.4 Å². The molecular formula is C23H17ClN4O3. The van der Waals surface area contributed by atoms with Crippen LogP contribution in [0.2, 0.25) is 5.02 Å². The van der Waals surface area contributed by atoms with E-state index in [1.165, 1.54) is 30.5 Å². The van der Waals surface area contributed by atoms with Crippen molar-refractivity contribution in [2.24, 2.45) is 5.10 Å². The van der Waals surface area contributed by atoms with Gasteiger partial charge in [0.25, 0.3) is 0 Å². The zero-order chi connectivity index (χ0) is 22.1. The van der Waals surface area contributed by atoms with E-state index in [4.69, 9.17) is 21.6 Å². The van der Waals surface area contributed by atoms with Gasteiger partial charge >= 0.3 is 11.8 Å². The van der Waals surface area contributed by atoms with Gasteiger partial charge in [0, 0.05) is 16.3 Å². The molecule has 0 radical (unpaired) electrons. The van der Waals surface area contributed by atoms with Crippen molar-refractivity contribution in [2.75, 3.05) is 5.32 Å². The summed E-state index contributed by atoms with van der Waals surface area (Å²) in [6.07, 6.45) is 1.41. The molecule has 0 saturated heterocycles. The Balaban J connectivity index is 1.47. The van der Waals surface area contributed by atoms with Crippen molar-refractivity contribution in [3.8, 4) is 11.8 Å². The number of hydrazone groups is 1. The lowest BCUT2D eigenvalue weighted by Gasteiger charge is -2.07. The maximum Gasteiger partial charge on any atom is 0.329 e. The van der Waals surface area contributed by atoms with Crippen molar-refractivity contribution in [3.63, 3.8) is 0 Å². The highest BCUT2D eigenvalue weighted by molar-refractivity contribution is 6.39. The topological polar surface area (TPSA) is 104 Å². The molecule has 0 heterocycles. The molecule has 0 aliphatic carbocycles. The summed E-state index contributed by atoms with van der Waals surface area (Å²) < 4.78 is 5.70. The lowest BCUT2D eigenvalue weighted by atomic mass is 10.2. The third kappa shape index (κ3) is 6.42. The lowest BCUT2D eigenvalue weighted by Crippen LogP contribution is -2.32. The molecule has 31 heavy (non-hydrogen) atoms. The molecule has 0 bridgehead atoms. The van der Waals surface area contributed by atoms with Gasteiger partial charge in [0.2, 0.25) is 0 Å². The van der Waals surface area contributed by atoms with E-state index >= 15 is 0 Å². The molecule has 0 spiro atoms. The molecule has 0 aliphatic heterocycles. The number of nitriles is 1. The summed E-state index contributed by atoms with van der Waals surface area (Å²) in [5, 5.41) is 15.6. The van der Waals surface area contributed by atoms with E-state index in [-0.39, 0.29) is 0 Å². The number of rotatable bonds is 6. The summed E-state index contributed by atoms with van der Waals surface area (Å²) in [5.74, 6) is -1.13. The number of nitrogens with one attached hydrogen (secondary N) is 2. The molecule has 3 aromatic rings. The van der Waals surface area contributed by atoms with Crippen LogP contribution < -0.4 is 15.5 Å². The molecule has 7 nitrogen and oxygen atoms in total. The van der Waals surface area contributed by atoms with E-state index < -0.39 is 11.8 Å². The summed E-state index contributed by atoms with van der Waals surface area (Å²) in [4.78, 5) is 23.7. The van der Waals surface area contributed by atoms with Gasteiger partial charge in [0.05, 0.1) is 17.8 Å². The van der Waals surface area contributed by atoms with Gasteiger partial charge in [0.1, 0.15) is 12.4 Å². The molecule has 3 rings (SSSR count). The number of amides is 2. The van der Waals surface area contributed by atoms with Gasteiger partial charge < -0.3 is 10.1 Å². The van der Waals surface area contributed by atoms with Crippen LogP contribution in [0.25, 0.3) is 0 Å². The quantitative estimate of drug-likeness (QED) is 0.350. The monoisotopic (exact) mass is 432 g/mol. The molecule has 3 aromatic carbocycles. The van der Waals surface area contributed by atoms with Crippen LogP contribution in [-0.4, -0.2) is 18.0 Å². The van der Waals surface area contributed by atoms with Crippen LogP contribution in [0.5, 0.6) is 5.75 Å². The molecule has 0 atom stereocenters. The van der Waals surface area contributed by atoms with Gasteiger partial charge in [-0.25, -0.2) is 5.43 Å². The van der Waals surface area contributed by atoms with Crippen molar-refractivity contribution in [1.82, 2.24) is 5.43 Å². The highest BCUT2D eigenvalue weighted by Gasteiger charge is 2.12. The SMILES string of the molecule is N#Cc1ccc(NC(=O)C(=O)N/N=C/c2ccc(OCc3ccccc3Cl)cc2)cc1. The normalized spacial score (nSPS) is 10.3. The first-order valence-corrected chi connectivity index (χ1v) is 9.54. The molecule has 2 amide bonds. The van der Waals surface area contributed by atoms with Crippen molar-refractivity contribution in [3.05, 3.63) is 94.5 Å². The molecule has 2 N–H and O–H groups in total. The Morgan fingerprint density at radius 1 is 1.00 bits per heavy atom. The Labute approximate surface area is 183 Å². The molecule has 0 aliphatic rings. The van der Waals surface area contributed by atoms with E-state index in [1.807, 2.05) is 24.3 Å². The zero-order valence-corrected chi connectivity index (χ0v) is 17.0. The summed E-state index contributed by atoms with van der Waals surface area (Å²) in [6, 6.07) is 22.6. The first-order valence-electron chi connectivity index (χ1n) is 9.16. The van der Waals surface area contributed by atoms with E-state index in [0.29, 0.717) is 34.2 Å². The van der Waals surface area contributed by atoms with E-state index in [1.54, 1.807) is 30.3 Å². The zero-order valence-electron chi connectivity index (χ0n) is 16.2. The maximum absolute atomic E-state index is 11.9. The van der Waals surface area contributed by atoms with Gasteiger partial charge in [-0.3, -0.25) is 9.59 Å². The lowest BCUT2D eigenvalue weighted by molar-refractivity contribution is -0.136. The molecule has 0 aromatic heterocycles. The van der Waals surface area contributed by atoms with E-state index in [2.05, 4.69) is 15.8 Å². The van der Waals surface area contributed by atoms with E-state index in [9.17, 15) is 9.59 Å². The van der Waals surface area contributed by atoms with Crippen LogP contribution in [0.3, 0.4) is 0 Å². The first kappa shape index (κ1) is 21.6. The molecule has 0 fully saturated rings. The smallest absolute Gasteiger partial charge is 0.329 e. The Morgan fingerprint density at radius 3 is 2.39 bits per heavy atom. The number of hydrogen-bond donors (Lipinski definition) is 2. The van der Waals surface area contributed by atoms with E-state index in [0.717, 1.165) is 5.56 Å². The average Bonchev–Trinajstić information content (AvgIpc) is 2.80. The molecular weight excluding hydrogens is 416 g/mol. The number of carbonyl (C=O) groups excluding carboxylic acids is 2. The predicted octanol–water partition coefficient (Wildman–Crippen LogP) is 3.88. The second kappa shape index (κ2) is 10.6. The van der Waals surface area contributed by atoms with Crippen LogP contribution in [0.1, 0.15) is 16.7 Å². The minimum atomic E-state index is -0.916. The molecule has 8 heteroatoms. The van der Waals surface area contributed by atoms with Crippen LogP contribution in [0, 0.1) is 11.3 Å². The third-order valence-corrected chi connectivity index (χ3v) is 4.46. The highest BCUT2D eigenvalue weighted by atomic mass is 35.5. The Morgan fingerprint density at radius 2 is 1.71 bits per heavy atom. The minimum Gasteiger partial charge on any atom is -0.489 e. The standard InChI is InChI=1S/C23H17ClN4O3/c24-21-4-2-1-3-18(21)15-31-20-11-7-17(8-12-20)14-26-28-23(30)22(29)27-19-9-5-16(13-25)6-10-19/h1-12,14H,15H2,(H,27,29)(H,28,30)/b26-14+. The molecule has 0 saturated carbocycles. The van der Waals surface area contributed by atoms with Gasteiger partial charge in [-0.05, 0) is 60.2 Å². The number of halogens is 1. The van der Waals surface area contributed by atoms with Crippen molar-refractivity contribution >= 4 is 35.3 Å². The fraction of sp³-hybridized carbons (Fsp3) is 0.0435. The van der Waals surface area contributed by atoms with Crippen molar-refractivity contribution < 1.29 is 14.3 Å². The molecule has 0 unspecified atom stereocenters. The maximum atomic E-state index is 11.9. The predicted molar refractivity (Wildman–Crippen MR) is 118 cm³/mol. The Bertz CT molecular complexity index is 1140. The number of ether oxygens (including phenoxy) is 1. The third-order valence-electron chi connectivity index (χ3n) is 4.09. The van der Waals surface area contributed by atoms with Gasteiger partial charge in [-0.15, -0.1) is 0 Å². The van der Waals surface area contributed by atoms with Crippen molar-refractivity contribution in [1.29, 1.82) is 5.26 Å². The Hall–Kier alpha value is -4.15. The Kier molecular flexibility index (Phi) is 7.35. The second-order valence-electron chi connectivity index (χ2n) is 6.29. The fourth-order valence-corrected chi connectivity index (χ4v) is 2.65. The number of benzene rings is 3. The largest absolute Gasteiger partial charge is 0.489 e. The van der Waals surface area contributed by atoms with Crippen LogP contribution in [0.4, 0.5) is 5.69 Å². The first-order chi connectivity index (χ1) is 15.0. The van der Waals surface area contributed by atoms with Gasteiger partial charge in [-0.1, -0.05) is 29.8 Å². The highest BCUT2D eigenvalue weighted by Crippen LogP contribution is 2.18. The summed E-state index contributed by atoms with van der Waals surface area (Å²) in [5.41, 5.74) is 4.60. The summed E-state index contributed by atoms with van der Waals surface area (Å²) in [6.45, 7) is 0.345. The van der Waals surface area contributed by atoms with Gasteiger partial charge in [0.15, 0.2) is 0 Å². The second-order valence-corrected chi connectivity index (χ2v) is 6.70. The van der Waals surface area contributed by atoms with Crippen LogP contribution >= 0.6 is 11.6 Å². The summed E-state index contributed by atoms with van der Waals surface area (Å²) in [7, 11) is 0. The number of carbonyl (C=O) groups is 2. The van der Waals surface area contributed by atoms with Crippen LogP contribution in [-0.2, 0) is 16.2 Å². The number of anilines is 1. The van der Waals surface area contributed by atoms with Crippen molar-refractivity contribution in [2.45, 2.75) is 6.61 Å². The number of nitrogens with zero attached hydrogens (tertiary/aromatic N) is 2.